The maximum Gasteiger partial charge on any atom is 0.311 e. The predicted octanol–water partition coefficient (Wildman–Crippen LogP) is 18.9. The van der Waals surface area contributed by atoms with E-state index >= 15 is 0 Å². The van der Waals surface area contributed by atoms with Crippen LogP contribution in [0.15, 0.2) is 0 Å². The Labute approximate surface area is 600 Å². The van der Waals surface area contributed by atoms with Crippen LogP contribution in [-0.4, -0.2) is 197 Å². The summed E-state index contributed by atoms with van der Waals surface area (Å²) in [5, 5.41) is 0. The Bertz CT molecular complexity index is 1870. The van der Waals surface area contributed by atoms with Crippen molar-refractivity contribution in [1.29, 1.82) is 0 Å². The van der Waals surface area contributed by atoms with Gasteiger partial charge in [0.05, 0.1) is 25.7 Å². The van der Waals surface area contributed by atoms with Gasteiger partial charge < -0.3 is 51.9 Å². The van der Waals surface area contributed by atoms with Crippen LogP contribution in [0.25, 0.3) is 0 Å². The fourth-order valence-corrected chi connectivity index (χ4v) is 77.1. The topological polar surface area (TPSA) is 179 Å². The maximum absolute atomic E-state index is 13.7. The van der Waals surface area contributed by atoms with Crippen LogP contribution in [-0.2, 0) is 71.0 Å². The lowest BCUT2D eigenvalue weighted by molar-refractivity contribution is -0.170. The first-order chi connectivity index (χ1) is 42.3. The summed E-state index contributed by atoms with van der Waals surface area (Å²) in [7, 11) is -24.9. The molecule has 93 heavy (non-hydrogen) atoms. The zero-order valence-corrected chi connectivity index (χ0v) is 79.7. The zero-order chi connectivity index (χ0) is 71.9. The van der Waals surface area contributed by atoms with E-state index in [0.717, 1.165) is 97.0 Å². The molecule has 0 radical (unpaired) electrons. The van der Waals surface area contributed by atoms with Crippen LogP contribution in [0.5, 0.6) is 0 Å². The second-order valence-corrected chi connectivity index (χ2v) is 86.9. The lowest BCUT2D eigenvalue weighted by atomic mass is 9.92. The van der Waals surface area contributed by atoms with Crippen molar-refractivity contribution in [3.8, 4) is 0 Å². The molecule has 0 unspecified atom stereocenters. The van der Waals surface area contributed by atoms with E-state index in [1.807, 2.05) is 0 Å². The molecule has 0 aliphatic rings. The molecule has 0 rings (SSSR count). The average molecular weight is 1600 g/mol. The average Bonchev–Trinajstić information content (AvgIpc) is 0.936. The number of rotatable bonds is 56. The SMILES string of the molecule is CCC[Si](C)(C)O[Si](C)(C)O[Si](C)(C)CCSCCC(=O)OCC(COC(=O)CCSCC[Si](C)(C)O[Si](C)(C)O[Si](C)(C)CCC)(COC(=O)CCSCC[Si](C)(C)O[Si](C)(C)O[Si](C)(C)CCC)COC(=O)CCSCC[Si](C)(C)O[Si](C)(C)O[Si](C)(C)CCC. The molecule has 0 amide bonds. The molecule has 16 nitrogen and oxygen atoms in total. The van der Waals surface area contributed by atoms with Gasteiger partial charge in [0.1, 0.15) is 31.8 Å². The summed E-state index contributed by atoms with van der Waals surface area (Å²) in [5.74, 6) is 3.66. The first kappa shape index (κ1) is 94.6. The molecule has 0 N–H and O–H groups in total. The van der Waals surface area contributed by atoms with E-state index < -0.39 is 130 Å². The van der Waals surface area contributed by atoms with Crippen LogP contribution in [0.1, 0.15) is 79.1 Å². The van der Waals surface area contributed by atoms with Crippen LogP contribution in [0.2, 0.25) is 205 Å². The van der Waals surface area contributed by atoms with Gasteiger partial charge in [0.15, 0.2) is 66.5 Å². The first-order valence-electron chi connectivity index (χ1n) is 34.8. The third-order valence-electron chi connectivity index (χ3n) is 14.9. The summed E-state index contributed by atoms with van der Waals surface area (Å²) >= 11 is 6.74. The highest BCUT2D eigenvalue weighted by Crippen LogP contribution is 2.32. The van der Waals surface area contributed by atoms with E-state index in [2.05, 4.69) is 185 Å². The minimum Gasteiger partial charge on any atom is -0.465 e. The Hall–Kier alpha value is 1.56. The monoisotopic (exact) mass is 1590 g/mol. The molecule has 0 atom stereocenters. The standard InChI is InChI=1S/C61H140O16S4Si12/c1-29-45-82(5,6)70-90(21,22)74-86(13,14)49-41-78-37-33-57(62)66-53-61(54-67-58(63)34-38-79-42-50-87(15,16)75-91(23,24)71-83(7,8)46-30-2,55-68-59(64)35-39-80-43-51-88(17,18)76-92(25,26)72-84(9,10)47-31-3)56-69-60(65)36-40-81-44-52-89(19,20)77-93(27,28)73-85(11,12)48-32-4/h29-56H2,1-28H3. The number of hydrogen-bond donors (Lipinski definition) is 0. The Kier molecular flexibility index (Phi) is 44.4. The minimum absolute atomic E-state index is 0.136. The first-order valence-corrected chi connectivity index (χ1v) is 75.7. The highest BCUT2D eigenvalue weighted by atomic mass is 32.2. The summed E-state index contributed by atoms with van der Waals surface area (Å²) < 4.78 is 78.3. The van der Waals surface area contributed by atoms with Gasteiger partial charge in [-0.25, -0.2) is 0 Å². The summed E-state index contributed by atoms with van der Waals surface area (Å²) in [4.78, 5) is 54.9. The van der Waals surface area contributed by atoms with Gasteiger partial charge in [-0.2, -0.15) is 47.0 Å². The maximum atomic E-state index is 13.7. The Morgan fingerprint density at radius 1 is 0.247 bits per heavy atom. The molecule has 32 heteroatoms. The van der Waals surface area contributed by atoms with Crippen LogP contribution < -0.4 is 0 Å². The Morgan fingerprint density at radius 2 is 0.398 bits per heavy atom. The number of esters is 4. The highest BCUT2D eigenvalue weighted by molar-refractivity contribution is 8.00. The largest absolute Gasteiger partial charge is 0.465 e. The summed E-state index contributed by atoms with van der Waals surface area (Å²) in [6.07, 6.45) is 4.95. The normalized spacial score (nSPS) is 14.0. The molecule has 0 aliphatic heterocycles. The number of thioether (sulfide) groups is 4. The molecule has 552 valence electrons. The van der Waals surface area contributed by atoms with Crippen molar-refractivity contribution in [3.63, 3.8) is 0 Å². The summed E-state index contributed by atoms with van der Waals surface area (Å²) in [6.45, 7) is 61.2. The number of ether oxygens (including phenoxy) is 4. The van der Waals surface area contributed by atoms with Gasteiger partial charge in [0, 0.05) is 23.0 Å². The fraction of sp³-hybridized carbons (Fsp3) is 0.934. The van der Waals surface area contributed by atoms with Gasteiger partial charge in [-0.05, 0) is 228 Å². The smallest absolute Gasteiger partial charge is 0.311 e. The van der Waals surface area contributed by atoms with Crippen LogP contribution in [0.4, 0.5) is 0 Å². The number of carbonyl (C=O) groups is 4. The van der Waals surface area contributed by atoms with Gasteiger partial charge in [-0.1, -0.05) is 53.4 Å². The molecule has 0 fully saturated rings. The van der Waals surface area contributed by atoms with Gasteiger partial charge in [0.25, 0.3) is 0 Å². The van der Waals surface area contributed by atoms with Crippen LogP contribution in [0.3, 0.4) is 0 Å². The minimum atomic E-state index is -2.33. The van der Waals surface area contributed by atoms with E-state index in [4.69, 9.17) is 51.9 Å². The molecule has 0 saturated heterocycles. The van der Waals surface area contributed by atoms with E-state index in [0.29, 0.717) is 23.0 Å². The second-order valence-electron chi connectivity index (χ2n) is 32.1. The molecule has 0 aliphatic carbocycles. The van der Waals surface area contributed by atoms with Crippen molar-refractivity contribution in [3.05, 3.63) is 0 Å². The molecule has 0 aromatic heterocycles. The molecule has 0 aromatic rings. The molecular formula is C61H140O16S4Si12. The lowest BCUT2D eigenvalue weighted by Crippen LogP contribution is -2.52. The van der Waals surface area contributed by atoms with Gasteiger partial charge >= 0.3 is 58.1 Å². The van der Waals surface area contributed by atoms with Crippen molar-refractivity contribution in [1.82, 2.24) is 0 Å². The molecular weight excluding hydrogens is 1450 g/mol. The number of hydrogen-bond acceptors (Lipinski definition) is 20. The fourth-order valence-electron chi connectivity index (χ4n) is 12.0. The molecule has 0 spiro atoms. The summed E-state index contributed by atoms with van der Waals surface area (Å²) in [6, 6.07) is 8.07. The molecule has 0 aromatic carbocycles. The van der Waals surface area contributed by atoms with Crippen LogP contribution >= 0.6 is 47.0 Å². The zero-order valence-electron chi connectivity index (χ0n) is 64.5. The molecule has 0 bridgehead atoms. The highest BCUT2D eigenvalue weighted by Gasteiger charge is 2.44. The van der Waals surface area contributed by atoms with Gasteiger partial charge in [-0.15, -0.1) is 0 Å². The Balaban J connectivity index is 6.51. The molecule has 0 saturated carbocycles. The van der Waals surface area contributed by atoms with E-state index in [9.17, 15) is 19.2 Å². The van der Waals surface area contributed by atoms with E-state index in [1.165, 1.54) is 0 Å². The molecule has 0 heterocycles. The van der Waals surface area contributed by atoms with Crippen molar-refractivity contribution in [2.24, 2.45) is 5.41 Å². The quantitative estimate of drug-likeness (QED) is 0.0243. The van der Waals surface area contributed by atoms with Crippen molar-refractivity contribution in [2.75, 3.05) is 72.5 Å². The lowest BCUT2D eigenvalue weighted by Gasteiger charge is -2.38. The van der Waals surface area contributed by atoms with Gasteiger partial charge in [0.2, 0.25) is 0 Å². The van der Waals surface area contributed by atoms with Crippen molar-refractivity contribution < 1.29 is 71.0 Å². The van der Waals surface area contributed by atoms with Crippen molar-refractivity contribution >= 4 is 172 Å². The predicted molar refractivity (Wildman–Crippen MR) is 432 cm³/mol. The van der Waals surface area contributed by atoms with Gasteiger partial charge in [-0.3, -0.25) is 19.2 Å². The van der Waals surface area contributed by atoms with Crippen LogP contribution in [0, 0.1) is 5.41 Å². The summed E-state index contributed by atoms with van der Waals surface area (Å²) in [5.41, 5.74) is -1.38. The Morgan fingerprint density at radius 3 is 0.548 bits per heavy atom. The third-order valence-corrected chi connectivity index (χ3v) is 66.4. The number of carbonyl (C=O) groups excluding carboxylic acids is 4. The van der Waals surface area contributed by atoms with Crippen molar-refractivity contribution in [2.45, 2.75) is 285 Å². The third kappa shape index (κ3) is 49.8. The second kappa shape index (κ2) is 43.6. The van der Waals surface area contributed by atoms with E-state index in [1.54, 1.807) is 47.0 Å². The van der Waals surface area contributed by atoms with E-state index in [-0.39, 0.29) is 52.1 Å².